The summed E-state index contributed by atoms with van der Waals surface area (Å²) in [5.41, 5.74) is 2.11. The molecule has 16 heavy (non-hydrogen) atoms. The highest BCUT2D eigenvalue weighted by atomic mass is 16.4. The second-order valence-electron chi connectivity index (χ2n) is 4.38. The van der Waals surface area contributed by atoms with Gasteiger partial charge in [-0.1, -0.05) is 0 Å². The smallest absolute Gasteiger partial charge is 0.320 e. The first-order valence-electron chi connectivity index (χ1n) is 5.54. The fourth-order valence-electron chi connectivity index (χ4n) is 2.32. The van der Waals surface area contributed by atoms with Gasteiger partial charge in [0, 0.05) is 25.4 Å². The summed E-state index contributed by atoms with van der Waals surface area (Å²) in [5.74, 6) is -0.709. The van der Waals surface area contributed by atoms with Crippen LogP contribution >= 0.6 is 0 Å². The van der Waals surface area contributed by atoms with E-state index in [2.05, 4.69) is 5.10 Å². The zero-order chi connectivity index (χ0) is 11.7. The molecule has 5 heteroatoms. The largest absolute Gasteiger partial charge is 0.480 e. The average Bonchev–Trinajstić information content (AvgIpc) is 2.75. The van der Waals surface area contributed by atoms with Gasteiger partial charge in [0.05, 0.1) is 5.69 Å². The molecule has 1 aromatic heterocycles. The Hall–Kier alpha value is -1.36. The van der Waals surface area contributed by atoms with Gasteiger partial charge < -0.3 is 5.11 Å². The van der Waals surface area contributed by atoms with Crippen LogP contribution in [0, 0.1) is 6.92 Å². The molecule has 1 aliphatic rings. The van der Waals surface area contributed by atoms with Crippen LogP contribution < -0.4 is 0 Å². The predicted octanol–water partition coefficient (Wildman–Crippen LogP) is 0.778. The quantitative estimate of drug-likeness (QED) is 0.822. The van der Waals surface area contributed by atoms with Gasteiger partial charge in [-0.2, -0.15) is 5.10 Å². The standard InChI is InChI=1S/C11H17N3O2/c1-8-9(6-13(2)12-8)7-14-5-3-4-10(14)11(15)16/h6,10H,3-5,7H2,1-2H3,(H,15,16)/t10-/m0/s1. The highest BCUT2D eigenvalue weighted by Gasteiger charge is 2.30. The first-order valence-corrected chi connectivity index (χ1v) is 5.54. The van der Waals surface area contributed by atoms with Crippen LogP contribution in [0.3, 0.4) is 0 Å². The zero-order valence-corrected chi connectivity index (χ0v) is 9.68. The van der Waals surface area contributed by atoms with E-state index in [-0.39, 0.29) is 6.04 Å². The van der Waals surface area contributed by atoms with Crippen molar-refractivity contribution in [3.8, 4) is 0 Å². The molecule has 0 spiro atoms. The van der Waals surface area contributed by atoms with Crippen molar-refractivity contribution in [3.63, 3.8) is 0 Å². The second kappa shape index (κ2) is 4.25. The second-order valence-corrected chi connectivity index (χ2v) is 4.38. The monoisotopic (exact) mass is 223 g/mol. The molecule has 0 bridgehead atoms. The van der Waals surface area contributed by atoms with Crippen molar-refractivity contribution in [1.82, 2.24) is 14.7 Å². The molecule has 1 aliphatic heterocycles. The minimum absolute atomic E-state index is 0.320. The van der Waals surface area contributed by atoms with E-state index in [0.29, 0.717) is 6.54 Å². The molecule has 2 rings (SSSR count). The van der Waals surface area contributed by atoms with Crippen molar-refractivity contribution in [2.75, 3.05) is 6.54 Å². The molecule has 5 nitrogen and oxygen atoms in total. The topological polar surface area (TPSA) is 58.4 Å². The summed E-state index contributed by atoms with van der Waals surface area (Å²) in [6.45, 7) is 3.52. The van der Waals surface area contributed by atoms with Gasteiger partial charge in [-0.25, -0.2) is 0 Å². The number of aromatic nitrogens is 2. The fraction of sp³-hybridized carbons (Fsp3) is 0.636. The Morgan fingerprint density at radius 1 is 1.69 bits per heavy atom. The zero-order valence-electron chi connectivity index (χ0n) is 9.68. The van der Waals surface area contributed by atoms with Crippen molar-refractivity contribution in [3.05, 3.63) is 17.5 Å². The molecular formula is C11H17N3O2. The number of aliphatic carboxylic acids is 1. The van der Waals surface area contributed by atoms with Crippen LogP contribution in [0.2, 0.25) is 0 Å². The maximum absolute atomic E-state index is 11.0. The van der Waals surface area contributed by atoms with E-state index in [9.17, 15) is 4.79 Å². The van der Waals surface area contributed by atoms with Gasteiger partial charge >= 0.3 is 5.97 Å². The summed E-state index contributed by atoms with van der Waals surface area (Å²) >= 11 is 0. The Bertz CT molecular complexity index is 400. The number of aryl methyl sites for hydroxylation is 2. The van der Waals surface area contributed by atoms with E-state index in [1.165, 1.54) is 0 Å². The Morgan fingerprint density at radius 2 is 2.44 bits per heavy atom. The van der Waals surface area contributed by atoms with Gasteiger partial charge in [0.25, 0.3) is 0 Å². The van der Waals surface area contributed by atoms with E-state index in [1.807, 2.05) is 25.1 Å². The normalized spacial score (nSPS) is 21.5. The number of rotatable bonds is 3. The Labute approximate surface area is 94.7 Å². The summed E-state index contributed by atoms with van der Waals surface area (Å²) in [6, 6.07) is -0.320. The third-order valence-corrected chi connectivity index (χ3v) is 3.14. The molecule has 0 aliphatic carbocycles. The molecule has 1 fully saturated rings. The van der Waals surface area contributed by atoms with Crippen LogP contribution in [0.25, 0.3) is 0 Å². The summed E-state index contributed by atoms with van der Waals surface area (Å²) in [5, 5.41) is 13.3. The molecule has 1 saturated heterocycles. The molecule has 0 saturated carbocycles. The molecule has 88 valence electrons. The Balaban J connectivity index is 2.09. The van der Waals surface area contributed by atoms with Crippen LogP contribution in [0.5, 0.6) is 0 Å². The fourth-order valence-corrected chi connectivity index (χ4v) is 2.32. The highest BCUT2D eigenvalue weighted by molar-refractivity contribution is 5.73. The average molecular weight is 223 g/mol. The number of hydrogen-bond donors (Lipinski definition) is 1. The number of hydrogen-bond acceptors (Lipinski definition) is 3. The maximum atomic E-state index is 11.0. The molecular weight excluding hydrogens is 206 g/mol. The number of likely N-dealkylation sites (tertiary alicyclic amines) is 1. The van der Waals surface area contributed by atoms with Gasteiger partial charge in [-0.15, -0.1) is 0 Å². The molecule has 2 heterocycles. The van der Waals surface area contributed by atoms with E-state index in [0.717, 1.165) is 30.6 Å². The predicted molar refractivity (Wildman–Crippen MR) is 59.0 cm³/mol. The van der Waals surface area contributed by atoms with E-state index in [4.69, 9.17) is 5.11 Å². The Morgan fingerprint density at radius 3 is 3.00 bits per heavy atom. The number of carboxylic acids is 1. The number of carbonyl (C=O) groups is 1. The van der Waals surface area contributed by atoms with Crippen LogP contribution in [0.4, 0.5) is 0 Å². The lowest BCUT2D eigenvalue weighted by Crippen LogP contribution is -2.35. The van der Waals surface area contributed by atoms with Crippen molar-refractivity contribution >= 4 is 5.97 Å². The lowest BCUT2D eigenvalue weighted by molar-refractivity contribution is -0.142. The molecule has 1 atom stereocenters. The minimum atomic E-state index is -0.709. The maximum Gasteiger partial charge on any atom is 0.320 e. The van der Waals surface area contributed by atoms with E-state index in [1.54, 1.807) is 4.68 Å². The van der Waals surface area contributed by atoms with Crippen LogP contribution in [0.1, 0.15) is 24.1 Å². The first kappa shape index (κ1) is 11.1. The summed E-state index contributed by atoms with van der Waals surface area (Å²) in [6.07, 6.45) is 3.69. The SMILES string of the molecule is Cc1nn(C)cc1CN1CCC[C@H]1C(=O)O. The van der Waals surface area contributed by atoms with Crippen LogP contribution in [0.15, 0.2) is 6.20 Å². The van der Waals surface area contributed by atoms with Crippen molar-refractivity contribution < 1.29 is 9.90 Å². The summed E-state index contributed by atoms with van der Waals surface area (Å²) < 4.78 is 1.77. The van der Waals surface area contributed by atoms with Gasteiger partial charge in [0.1, 0.15) is 6.04 Å². The summed E-state index contributed by atoms with van der Waals surface area (Å²) in [4.78, 5) is 13.1. The molecule has 0 radical (unpaired) electrons. The Kier molecular flexibility index (Phi) is 2.96. The van der Waals surface area contributed by atoms with Crippen LogP contribution in [-0.4, -0.2) is 38.3 Å². The van der Waals surface area contributed by atoms with Gasteiger partial charge in [0.15, 0.2) is 0 Å². The van der Waals surface area contributed by atoms with Gasteiger partial charge in [-0.3, -0.25) is 14.4 Å². The third-order valence-electron chi connectivity index (χ3n) is 3.14. The van der Waals surface area contributed by atoms with E-state index < -0.39 is 5.97 Å². The third kappa shape index (κ3) is 2.09. The van der Waals surface area contributed by atoms with Crippen molar-refractivity contribution in [2.24, 2.45) is 7.05 Å². The van der Waals surface area contributed by atoms with E-state index >= 15 is 0 Å². The van der Waals surface area contributed by atoms with Crippen molar-refractivity contribution in [2.45, 2.75) is 32.4 Å². The van der Waals surface area contributed by atoms with Gasteiger partial charge in [0.2, 0.25) is 0 Å². The lowest BCUT2D eigenvalue weighted by atomic mass is 10.2. The molecule has 1 N–H and O–H groups in total. The molecule has 1 aromatic rings. The van der Waals surface area contributed by atoms with Crippen LogP contribution in [-0.2, 0) is 18.4 Å². The molecule has 0 aromatic carbocycles. The van der Waals surface area contributed by atoms with Crippen molar-refractivity contribution in [1.29, 1.82) is 0 Å². The number of nitrogens with zero attached hydrogens (tertiary/aromatic N) is 3. The lowest BCUT2D eigenvalue weighted by Gasteiger charge is -2.20. The molecule has 0 amide bonds. The van der Waals surface area contributed by atoms with Gasteiger partial charge in [-0.05, 0) is 26.3 Å². The minimum Gasteiger partial charge on any atom is -0.480 e. The summed E-state index contributed by atoms with van der Waals surface area (Å²) in [7, 11) is 1.88. The highest BCUT2D eigenvalue weighted by Crippen LogP contribution is 2.21. The first-order chi connectivity index (χ1) is 7.58. The number of carboxylic acid groups (broad SMARTS) is 1. The molecule has 0 unspecified atom stereocenters.